The lowest BCUT2D eigenvalue weighted by Crippen LogP contribution is -2.41. The van der Waals surface area contributed by atoms with Crippen LogP contribution < -0.4 is 4.72 Å². The molecular formula is C17H24F2N2O3S. The average Bonchev–Trinajstić information content (AvgIpc) is 2.53. The maximum Gasteiger partial charge on any atom is 0.223 e. The first-order chi connectivity index (χ1) is 11.8. The molecule has 1 atom stereocenters. The zero-order chi connectivity index (χ0) is 18.4. The summed E-state index contributed by atoms with van der Waals surface area (Å²) in [6.45, 7) is 1.27. The Morgan fingerprint density at radius 2 is 2.00 bits per heavy atom. The number of halogens is 2. The van der Waals surface area contributed by atoms with Gasteiger partial charge in [-0.15, -0.1) is 0 Å². The normalized spacial score (nSPS) is 18.4. The third kappa shape index (κ3) is 6.36. The summed E-state index contributed by atoms with van der Waals surface area (Å²) in [5.41, 5.74) is 0.100. The fourth-order valence-corrected chi connectivity index (χ4v) is 3.62. The maximum absolute atomic E-state index is 13.7. The van der Waals surface area contributed by atoms with Crippen LogP contribution in [0.25, 0.3) is 0 Å². The fourth-order valence-electron chi connectivity index (χ4n) is 3.15. The number of sulfonamides is 1. The first kappa shape index (κ1) is 19.8. The number of piperidine rings is 1. The van der Waals surface area contributed by atoms with Gasteiger partial charge in [-0.3, -0.25) is 4.79 Å². The van der Waals surface area contributed by atoms with Crippen molar-refractivity contribution >= 4 is 15.9 Å². The second-order valence-corrected chi connectivity index (χ2v) is 8.34. The van der Waals surface area contributed by atoms with Gasteiger partial charge in [-0.1, -0.05) is 6.07 Å². The van der Waals surface area contributed by atoms with E-state index in [-0.39, 0.29) is 30.4 Å². The van der Waals surface area contributed by atoms with Crippen LogP contribution in [-0.2, 0) is 21.2 Å². The van der Waals surface area contributed by atoms with E-state index in [0.717, 1.165) is 19.1 Å². The average molecular weight is 374 g/mol. The number of carbonyl (C=O) groups is 1. The maximum atomic E-state index is 13.7. The van der Waals surface area contributed by atoms with Crippen molar-refractivity contribution in [3.63, 3.8) is 0 Å². The minimum atomic E-state index is -3.30. The van der Waals surface area contributed by atoms with Crippen molar-refractivity contribution in [1.82, 2.24) is 9.62 Å². The molecule has 140 valence electrons. The minimum Gasteiger partial charge on any atom is -0.342 e. The summed E-state index contributed by atoms with van der Waals surface area (Å²) in [6.07, 6.45) is 3.85. The van der Waals surface area contributed by atoms with Crippen molar-refractivity contribution in [3.8, 4) is 0 Å². The van der Waals surface area contributed by atoms with Gasteiger partial charge in [0.25, 0.3) is 0 Å². The van der Waals surface area contributed by atoms with Crippen LogP contribution in [0.5, 0.6) is 0 Å². The third-order valence-electron chi connectivity index (χ3n) is 4.44. The molecule has 1 fully saturated rings. The largest absolute Gasteiger partial charge is 0.342 e. The summed E-state index contributed by atoms with van der Waals surface area (Å²) in [7, 11) is -3.30. The van der Waals surface area contributed by atoms with Crippen LogP contribution >= 0.6 is 0 Å². The van der Waals surface area contributed by atoms with Crippen LogP contribution in [0, 0.1) is 17.6 Å². The van der Waals surface area contributed by atoms with Gasteiger partial charge in [-0.25, -0.2) is 21.9 Å². The molecule has 0 bridgehead atoms. The molecule has 1 saturated heterocycles. The summed E-state index contributed by atoms with van der Waals surface area (Å²) in [5.74, 6) is -0.969. The molecule has 0 spiro atoms. The molecule has 0 aromatic heterocycles. The third-order valence-corrected chi connectivity index (χ3v) is 5.17. The van der Waals surface area contributed by atoms with Crippen LogP contribution in [0.1, 0.15) is 31.2 Å². The summed E-state index contributed by atoms with van der Waals surface area (Å²) in [5, 5.41) is 0. The lowest BCUT2D eigenvalue weighted by molar-refractivity contribution is -0.132. The van der Waals surface area contributed by atoms with E-state index in [1.807, 2.05) is 0 Å². The molecule has 1 amide bonds. The summed E-state index contributed by atoms with van der Waals surface area (Å²) in [4.78, 5) is 13.9. The van der Waals surface area contributed by atoms with Crippen molar-refractivity contribution in [2.24, 2.45) is 5.92 Å². The molecule has 1 N–H and O–H groups in total. The first-order valence-corrected chi connectivity index (χ1v) is 10.3. The predicted molar refractivity (Wildman–Crippen MR) is 91.4 cm³/mol. The number of nitrogens with one attached hydrogen (secondary N) is 1. The van der Waals surface area contributed by atoms with E-state index in [9.17, 15) is 22.0 Å². The van der Waals surface area contributed by atoms with Gasteiger partial charge in [0.1, 0.15) is 11.6 Å². The molecule has 0 radical (unpaired) electrons. The standard InChI is InChI=1S/C17H24F2N2O3S/c1-25(23,24)20-10-9-17(22)21-11-3-4-13(12-21)7-8-14-15(18)5-2-6-16(14)19/h2,5-6,13,20H,3-4,7-12H2,1H3. The second-order valence-electron chi connectivity index (χ2n) is 6.50. The Bertz CT molecular complexity index is 690. The summed E-state index contributed by atoms with van der Waals surface area (Å²) >= 11 is 0. The topological polar surface area (TPSA) is 66.5 Å². The number of benzene rings is 1. The highest BCUT2D eigenvalue weighted by molar-refractivity contribution is 7.88. The SMILES string of the molecule is CS(=O)(=O)NCCC(=O)N1CCCC(CCc2c(F)cccc2F)C1. The van der Waals surface area contributed by atoms with Crippen LogP contribution in [0.4, 0.5) is 8.78 Å². The molecule has 1 unspecified atom stereocenters. The Kier molecular flexibility index (Phi) is 6.89. The zero-order valence-corrected chi connectivity index (χ0v) is 15.1. The van der Waals surface area contributed by atoms with Gasteiger partial charge in [0.15, 0.2) is 0 Å². The first-order valence-electron chi connectivity index (χ1n) is 8.41. The number of hydrogen-bond donors (Lipinski definition) is 1. The van der Waals surface area contributed by atoms with Crippen LogP contribution in [0.3, 0.4) is 0 Å². The number of nitrogens with zero attached hydrogens (tertiary/aromatic N) is 1. The minimum absolute atomic E-state index is 0.0826. The van der Waals surface area contributed by atoms with E-state index >= 15 is 0 Å². The molecule has 2 rings (SSSR count). The molecular weight excluding hydrogens is 350 g/mol. The van der Waals surface area contributed by atoms with E-state index in [0.29, 0.717) is 25.9 Å². The van der Waals surface area contributed by atoms with Gasteiger partial charge >= 0.3 is 0 Å². The van der Waals surface area contributed by atoms with Crippen LogP contribution in [0.15, 0.2) is 18.2 Å². The van der Waals surface area contributed by atoms with Gasteiger partial charge in [-0.05, 0) is 43.7 Å². The summed E-state index contributed by atoms with van der Waals surface area (Å²) < 4.78 is 51.7. The smallest absolute Gasteiger partial charge is 0.223 e. The van der Waals surface area contributed by atoms with Crippen molar-refractivity contribution in [3.05, 3.63) is 35.4 Å². The second kappa shape index (κ2) is 8.71. The number of carbonyl (C=O) groups excluding carboxylic acids is 1. The van der Waals surface area contributed by atoms with Gasteiger partial charge in [-0.2, -0.15) is 0 Å². The molecule has 1 aromatic carbocycles. The van der Waals surface area contributed by atoms with E-state index in [1.54, 1.807) is 4.90 Å². The van der Waals surface area contributed by atoms with Gasteiger partial charge in [0, 0.05) is 31.6 Å². The van der Waals surface area contributed by atoms with Gasteiger partial charge < -0.3 is 4.90 Å². The van der Waals surface area contributed by atoms with Crippen molar-refractivity contribution in [1.29, 1.82) is 0 Å². The molecule has 1 heterocycles. The Hall–Kier alpha value is -1.54. The highest BCUT2D eigenvalue weighted by Gasteiger charge is 2.24. The Balaban J connectivity index is 1.83. The van der Waals surface area contributed by atoms with Crippen molar-refractivity contribution in [2.75, 3.05) is 25.9 Å². The Morgan fingerprint density at radius 3 is 2.64 bits per heavy atom. The summed E-state index contributed by atoms with van der Waals surface area (Å²) in [6, 6.07) is 3.85. The zero-order valence-electron chi connectivity index (χ0n) is 14.3. The highest BCUT2D eigenvalue weighted by Crippen LogP contribution is 2.23. The molecule has 1 aliphatic rings. The Labute approximate surface area is 147 Å². The number of amides is 1. The number of rotatable bonds is 7. The fraction of sp³-hybridized carbons (Fsp3) is 0.588. The van der Waals surface area contributed by atoms with E-state index in [1.165, 1.54) is 18.2 Å². The highest BCUT2D eigenvalue weighted by atomic mass is 32.2. The van der Waals surface area contributed by atoms with E-state index in [2.05, 4.69) is 4.72 Å². The van der Waals surface area contributed by atoms with Crippen molar-refractivity contribution < 1.29 is 22.0 Å². The lowest BCUT2D eigenvalue weighted by Gasteiger charge is -2.33. The molecule has 25 heavy (non-hydrogen) atoms. The molecule has 1 aromatic rings. The number of hydrogen-bond acceptors (Lipinski definition) is 3. The van der Waals surface area contributed by atoms with Gasteiger partial charge in [0.2, 0.25) is 15.9 Å². The quantitative estimate of drug-likeness (QED) is 0.795. The molecule has 0 aliphatic carbocycles. The lowest BCUT2D eigenvalue weighted by atomic mass is 9.91. The molecule has 1 aliphatic heterocycles. The van der Waals surface area contributed by atoms with Crippen molar-refractivity contribution in [2.45, 2.75) is 32.1 Å². The van der Waals surface area contributed by atoms with Crippen LogP contribution in [-0.4, -0.2) is 45.1 Å². The predicted octanol–water partition coefficient (Wildman–Crippen LogP) is 2.08. The number of likely N-dealkylation sites (tertiary alicyclic amines) is 1. The van der Waals surface area contributed by atoms with E-state index in [4.69, 9.17) is 0 Å². The van der Waals surface area contributed by atoms with Crippen LogP contribution in [0.2, 0.25) is 0 Å². The monoisotopic (exact) mass is 374 g/mol. The molecule has 8 heteroatoms. The van der Waals surface area contributed by atoms with Gasteiger partial charge in [0.05, 0.1) is 6.26 Å². The Morgan fingerprint density at radius 1 is 1.32 bits per heavy atom. The van der Waals surface area contributed by atoms with E-state index < -0.39 is 21.7 Å². The molecule has 0 saturated carbocycles. The molecule has 5 nitrogen and oxygen atoms in total.